The van der Waals surface area contributed by atoms with Crippen LogP contribution in [0, 0.1) is 6.92 Å². The number of ether oxygens (including phenoxy) is 1. The fraction of sp³-hybridized carbons (Fsp3) is 0.346. The molecular formula is C26H31NO. The zero-order chi connectivity index (χ0) is 19.6. The molecule has 0 unspecified atom stereocenters. The molecule has 2 aromatic carbocycles. The van der Waals surface area contributed by atoms with Gasteiger partial charge < -0.3 is 4.74 Å². The number of benzene rings is 2. The first kappa shape index (κ1) is 20.1. The Morgan fingerprint density at radius 2 is 1.68 bits per heavy atom. The topological polar surface area (TPSA) is 22.1 Å². The fourth-order valence-corrected chi connectivity index (χ4v) is 3.44. The van der Waals surface area contributed by atoms with Crippen LogP contribution in [0.4, 0.5) is 0 Å². The van der Waals surface area contributed by atoms with E-state index in [1.54, 1.807) is 0 Å². The Kier molecular flexibility index (Phi) is 7.66. The van der Waals surface area contributed by atoms with Crippen LogP contribution in [-0.2, 0) is 13.0 Å². The maximum absolute atomic E-state index is 6.28. The Morgan fingerprint density at radius 3 is 2.50 bits per heavy atom. The number of pyridine rings is 1. The van der Waals surface area contributed by atoms with Gasteiger partial charge in [-0.25, -0.2) is 0 Å². The lowest BCUT2D eigenvalue weighted by molar-refractivity contribution is 0.307. The highest BCUT2D eigenvalue weighted by Crippen LogP contribution is 2.31. The highest BCUT2D eigenvalue weighted by molar-refractivity contribution is 5.86. The van der Waals surface area contributed by atoms with Gasteiger partial charge in [0.05, 0.1) is 11.2 Å². The second-order valence-electron chi connectivity index (χ2n) is 7.33. The molecule has 0 saturated heterocycles. The van der Waals surface area contributed by atoms with Crippen molar-refractivity contribution >= 4 is 10.9 Å². The van der Waals surface area contributed by atoms with Crippen molar-refractivity contribution in [1.82, 2.24) is 4.98 Å². The van der Waals surface area contributed by atoms with Crippen molar-refractivity contribution in [3.8, 4) is 5.75 Å². The standard InChI is InChI=1S/C26H31NO/c1-3-4-5-6-7-8-12-18-24-21(2)26(23-17-13-14-19-25(23)27-24)28-20-22-15-10-9-11-16-22/h8-17,19H,3-7,18,20H2,1-2H3/b12-8+. The number of hydrogen-bond acceptors (Lipinski definition) is 2. The van der Waals surface area contributed by atoms with Crippen molar-refractivity contribution in [2.75, 3.05) is 0 Å². The third-order valence-electron chi connectivity index (χ3n) is 5.11. The summed E-state index contributed by atoms with van der Waals surface area (Å²) in [6.45, 7) is 4.95. The van der Waals surface area contributed by atoms with E-state index in [0.717, 1.165) is 40.8 Å². The molecule has 3 aromatic rings. The molecule has 1 aromatic heterocycles. The smallest absolute Gasteiger partial charge is 0.133 e. The van der Waals surface area contributed by atoms with Gasteiger partial charge >= 0.3 is 0 Å². The number of nitrogens with zero attached hydrogens (tertiary/aromatic N) is 1. The van der Waals surface area contributed by atoms with Crippen LogP contribution in [0.2, 0.25) is 0 Å². The van der Waals surface area contributed by atoms with Crippen LogP contribution in [0.3, 0.4) is 0 Å². The van der Waals surface area contributed by atoms with Gasteiger partial charge in [0.25, 0.3) is 0 Å². The number of aromatic nitrogens is 1. The highest BCUT2D eigenvalue weighted by Gasteiger charge is 2.12. The van der Waals surface area contributed by atoms with Crippen molar-refractivity contribution in [2.24, 2.45) is 0 Å². The number of hydrogen-bond donors (Lipinski definition) is 0. The molecule has 146 valence electrons. The van der Waals surface area contributed by atoms with E-state index < -0.39 is 0 Å². The van der Waals surface area contributed by atoms with Crippen LogP contribution in [0.1, 0.15) is 55.8 Å². The van der Waals surface area contributed by atoms with Gasteiger partial charge in [0.1, 0.15) is 12.4 Å². The molecule has 28 heavy (non-hydrogen) atoms. The van der Waals surface area contributed by atoms with Gasteiger partial charge in [-0.15, -0.1) is 0 Å². The maximum Gasteiger partial charge on any atom is 0.133 e. The Balaban J connectivity index is 1.75. The van der Waals surface area contributed by atoms with E-state index in [0.29, 0.717) is 6.61 Å². The second-order valence-corrected chi connectivity index (χ2v) is 7.33. The summed E-state index contributed by atoms with van der Waals surface area (Å²) >= 11 is 0. The molecular weight excluding hydrogens is 342 g/mol. The molecule has 0 atom stereocenters. The molecule has 3 rings (SSSR count). The summed E-state index contributed by atoms with van der Waals surface area (Å²) in [4.78, 5) is 4.91. The number of unbranched alkanes of at least 4 members (excludes halogenated alkanes) is 4. The van der Waals surface area contributed by atoms with Crippen molar-refractivity contribution in [3.05, 3.63) is 83.6 Å². The molecule has 0 amide bonds. The van der Waals surface area contributed by atoms with E-state index in [2.05, 4.69) is 56.3 Å². The Labute approximate surface area is 169 Å². The van der Waals surface area contributed by atoms with Crippen molar-refractivity contribution < 1.29 is 4.74 Å². The summed E-state index contributed by atoms with van der Waals surface area (Å²) in [5, 5.41) is 1.09. The highest BCUT2D eigenvalue weighted by atomic mass is 16.5. The van der Waals surface area contributed by atoms with Crippen LogP contribution < -0.4 is 4.74 Å². The minimum absolute atomic E-state index is 0.572. The van der Waals surface area contributed by atoms with Gasteiger partial charge in [-0.2, -0.15) is 0 Å². The third-order valence-corrected chi connectivity index (χ3v) is 5.11. The molecule has 0 N–H and O–H groups in total. The second kappa shape index (κ2) is 10.7. The Bertz CT molecular complexity index is 899. The van der Waals surface area contributed by atoms with Gasteiger partial charge in [0.15, 0.2) is 0 Å². The zero-order valence-corrected chi connectivity index (χ0v) is 17.2. The first-order valence-corrected chi connectivity index (χ1v) is 10.5. The molecule has 0 radical (unpaired) electrons. The quantitative estimate of drug-likeness (QED) is 0.277. The normalized spacial score (nSPS) is 11.4. The Morgan fingerprint density at radius 1 is 0.893 bits per heavy atom. The first-order valence-electron chi connectivity index (χ1n) is 10.5. The molecule has 0 aliphatic carbocycles. The van der Waals surface area contributed by atoms with E-state index in [-0.39, 0.29) is 0 Å². The molecule has 1 heterocycles. The molecule has 0 spiro atoms. The summed E-state index contributed by atoms with van der Waals surface area (Å²) < 4.78 is 6.28. The predicted octanol–water partition coefficient (Wildman–Crippen LogP) is 7.19. The van der Waals surface area contributed by atoms with Gasteiger partial charge in [-0.1, -0.05) is 80.8 Å². The largest absolute Gasteiger partial charge is 0.488 e. The monoisotopic (exact) mass is 373 g/mol. The summed E-state index contributed by atoms with van der Waals surface area (Å²) in [6.07, 6.45) is 11.8. The predicted molar refractivity (Wildman–Crippen MR) is 119 cm³/mol. The third kappa shape index (κ3) is 5.45. The number of rotatable bonds is 10. The van der Waals surface area contributed by atoms with Gasteiger partial charge in [0.2, 0.25) is 0 Å². The summed E-state index contributed by atoms with van der Waals surface area (Å²) in [6, 6.07) is 18.6. The van der Waals surface area contributed by atoms with Crippen molar-refractivity contribution in [1.29, 1.82) is 0 Å². The van der Waals surface area contributed by atoms with E-state index in [1.165, 1.54) is 31.2 Å². The molecule has 0 fully saturated rings. The maximum atomic E-state index is 6.28. The van der Waals surface area contributed by atoms with E-state index in [1.807, 2.05) is 24.3 Å². The summed E-state index contributed by atoms with van der Waals surface area (Å²) in [7, 11) is 0. The van der Waals surface area contributed by atoms with Crippen LogP contribution in [-0.4, -0.2) is 4.98 Å². The molecule has 2 nitrogen and oxygen atoms in total. The lowest BCUT2D eigenvalue weighted by atomic mass is 10.1. The van der Waals surface area contributed by atoms with E-state index in [9.17, 15) is 0 Å². The van der Waals surface area contributed by atoms with Gasteiger partial charge in [0, 0.05) is 17.4 Å². The average Bonchev–Trinajstić information content (AvgIpc) is 2.73. The van der Waals surface area contributed by atoms with Crippen LogP contribution in [0.5, 0.6) is 5.75 Å². The Hall–Kier alpha value is -2.61. The zero-order valence-electron chi connectivity index (χ0n) is 17.2. The fourth-order valence-electron chi connectivity index (χ4n) is 3.44. The minimum atomic E-state index is 0.572. The number of para-hydroxylation sites is 1. The molecule has 2 heteroatoms. The SMILES string of the molecule is CCCCCC/C=C/Cc1nc2ccccc2c(OCc2ccccc2)c1C. The molecule has 0 saturated carbocycles. The summed E-state index contributed by atoms with van der Waals surface area (Å²) in [5.41, 5.74) is 4.43. The number of fused-ring (bicyclic) bond motifs is 1. The van der Waals surface area contributed by atoms with Crippen LogP contribution in [0.25, 0.3) is 10.9 Å². The van der Waals surface area contributed by atoms with E-state index in [4.69, 9.17) is 9.72 Å². The van der Waals surface area contributed by atoms with Crippen molar-refractivity contribution in [3.63, 3.8) is 0 Å². The minimum Gasteiger partial charge on any atom is -0.488 e. The van der Waals surface area contributed by atoms with Crippen molar-refractivity contribution in [2.45, 2.75) is 59.0 Å². The lowest BCUT2D eigenvalue weighted by Crippen LogP contribution is -2.02. The summed E-state index contributed by atoms with van der Waals surface area (Å²) in [5.74, 6) is 0.959. The van der Waals surface area contributed by atoms with Gasteiger partial charge in [-0.05, 0) is 37.5 Å². The van der Waals surface area contributed by atoms with Gasteiger partial charge in [-0.3, -0.25) is 4.98 Å². The van der Waals surface area contributed by atoms with Crippen LogP contribution >= 0.6 is 0 Å². The molecule has 0 aliphatic heterocycles. The average molecular weight is 374 g/mol. The van der Waals surface area contributed by atoms with Crippen LogP contribution in [0.15, 0.2) is 66.7 Å². The number of allylic oxidation sites excluding steroid dienone is 2. The lowest BCUT2D eigenvalue weighted by Gasteiger charge is -2.15. The molecule has 0 aliphatic rings. The first-order chi connectivity index (χ1) is 13.8. The molecule has 0 bridgehead atoms. The van der Waals surface area contributed by atoms with E-state index >= 15 is 0 Å².